The molecule has 3 aromatic carbocycles. The Morgan fingerprint density at radius 3 is 2.39 bits per heavy atom. The molecule has 0 bridgehead atoms. The van der Waals surface area contributed by atoms with Crippen LogP contribution >= 0.6 is 12.2 Å². The number of unbranched alkanes of at least 4 members (excludes halogenated alkanes) is 2. The Labute approximate surface area is 295 Å². The number of rotatable bonds is 14. The average Bonchev–Trinajstić information content (AvgIpc) is 3.10. The van der Waals surface area contributed by atoms with Crippen LogP contribution in [0.2, 0.25) is 0 Å². The number of phenolic OH excluding ortho intramolecular Hbond substituents is 1. The highest BCUT2D eigenvalue weighted by Gasteiger charge is 2.24. The van der Waals surface area contributed by atoms with Crippen molar-refractivity contribution in [2.75, 3.05) is 18.5 Å². The number of fused-ring (bicyclic) bond motifs is 2. The smallest absolute Gasteiger partial charge is 0.336 e. The van der Waals surface area contributed by atoms with Crippen LogP contribution in [0.5, 0.6) is 5.75 Å². The van der Waals surface area contributed by atoms with Gasteiger partial charge in [0.1, 0.15) is 23.2 Å². The number of anilines is 1. The number of carbonyl (C=O) groups excluding carboxylic acids is 1. The fourth-order valence-corrected chi connectivity index (χ4v) is 5.88. The number of nitro groups is 1. The van der Waals surface area contributed by atoms with Gasteiger partial charge in [-0.3, -0.25) is 19.7 Å². The molecule has 264 valence electrons. The van der Waals surface area contributed by atoms with Crippen LogP contribution in [-0.2, 0) is 4.79 Å². The molecule has 15 heteroatoms. The molecule has 1 aliphatic heterocycles. The Balaban J connectivity index is 1.14. The number of nitrogens with one attached hydrogen (secondary N) is 3. The van der Waals surface area contributed by atoms with Crippen LogP contribution in [0.1, 0.15) is 47.7 Å². The first-order chi connectivity index (χ1) is 24.4. The van der Waals surface area contributed by atoms with E-state index in [0.717, 1.165) is 0 Å². The first-order valence-corrected chi connectivity index (χ1v) is 16.3. The molecule has 0 unspecified atom stereocenters. The number of thiocarbonyl (C=S) groups is 1. The highest BCUT2D eigenvalue weighted by molar-refractivity contribution is 7.80. The van der Waals surface area contributed by atoms with Crippen molar-refractivity contribution in [2.45, 2.75) is 37.8 Å². The van der Waals surface area contributed by atoms with Crippen LogP contribution in [0.25, 0.3) is 33.4 Å². The number of non-ortho nitro benzene ring substituents is 1. The Bertz CT molecular complexity index is 2120. The van der Waals surface area contributed by atoms with Crippen molar-refractivity contribution in [1.82, 2.24) is 10.6 Å². The lowest BCUT2D eigenvalue weighted by Crippen LogP contribution is -2.41. The summed E-state index contributed by atoms with van der Waals surface area (Å²) >= 11 is 5.41. The zero-order valence-electron chi connectivity index (χ0n) is 27.0. The number of aromatic hydroxyl groups is 1. The number of aliphatic hydroxyl groups is 2. The molecule has 7 N–H and O–H groups in total. The topological polar surface area (TPSA) is 224 Å². The van der Waals surface area contributed by atoms with E-state index in [0.29, 0.717) is 59.1 Å². The molecule has 0 aromatic heterocycles. The van der Waals surface area contributed by atoms with Crippen molar-refractivity contribution >= 4 is 51.6 Å². The lowest BCUT2D eigenvalue weighted by molar-refractivity contribution is -0.384. The van der Waals surface area contributed by atoms with Crippen LogP contribution in [0.4, 0.5) is 11.4 Å². The molecule has 0 saturated heterocycles. The van der Waals surface area contributed by atoms with Gasteiger partial charge in [-0.1, -0.05) is 12.5 Å². The lowest BCUT2D eigenvalue weighted by Gasteiger charge is -2.22. The van der Waals surface area contributed by atoms with Gasteiger partial charge in [-0.2, -0.15) is 0 Å². The molecule has 1 aliphatic carbocycles. The Morgan fingerprint density at radius 2 is 1.69 bits per heavy atom. The van der Waals surface area contributed by atoms with Crippen LogP contribution in [0, 0.1) is 10.1 Å². The molecule has 1 amide bonds. The predicted molar refractivity (Wildman–Crippen MR) is 193 cm³/mol. The number of aromatic carboxylic acids is 1. The number of carboxylic acid groups (broad SMARTS) is 1. The van der Waals surface area contributed by atoms with E-state index in [1.54, 1.807) is 24.3 Å². The zero-order chi connectivity index (χ0) is 36.7. The largest absolute Gasteiger partial charge is 0.508 e. The second-order valence-corrected chi connectivity index (χ2v) is 12.1. The number of hydrogen-bond acceptors (Lipinski definition) is 10. The van der Waals surface area contributed by atoms with E-state index in [2.05, 4.69) is 16.0 Å². The van der Waals surface area contributed by atoms with Gasteiger partial charge in [0.25, 0.3) is 5.69 Å². The quantitative estimate of drug-likeness (QED) is 0.0267. The summed E-state index contributed by atoms with van der Waals surface area (Å²) in [6.45, 7) is -0.0601. The van der Waals surface area contributed by atoms with Crippen molar-refractivity contribution in [1.29, 1.82) is 0 Å². The minimum atomic E-state index is -1.25. The van der Waals surface area contributed by atoms with Crippen molar-refractivity contribution in [2.24, 2.45) is 0 Å². The second-order valence-electron chi connectivity index (χ2n) is 11.7. The minimum Gasteiger partial charge on any atom is -0.508 e. The van der Waals surface area contributed by atoms with Gasteiger partial charge in [0.2, 0.25) is 5.91 Å². The fourth-order valence-electron chi connectivity index (χ4n) is 5.66. The van der Waals surface area contributed by atoms with Gasteiger partial charge in [-0.05, 0) is 84.7 Å². The number of benzene rings is 4. The van der Waals surface area contributed by atoms with E-state index in [-0.39, 0.29) is 51.2 Å². The lowest BCUT2D eigenvalue weighted by atomic mass is 9.90. The van der Waals surface area contributed by atoms with Crippen LogP contribution in [0.3, 0.4) is 0 Å². The molecule has 0 fully saturated rings. The van der Waals surface area contributed by atoms with E-state index in [9.17, 15) is 44.9 Å². The van der Waals surface area contributed by atoms with E-state index in [4.69, 9.17) is 16.6 Å². The van der Waals surface area contributed by atoms with Gasteiger partial charge in [-0.15, -0.1) is 0 Å². The first kappa shape index (κ1) is 36.4. The molecule has 0 spiro atoms. The third-order valence-corrected chi connectivity index (χ3v) is 8.44. The number of aliphatic hydroxyl groups excluding tert-OH is 2. The van der Waals surface area contributed by atoms with Crippen molar-refractivity contribution in [3.05, 3.63) is 110 Å². The van der Waals surface area contributed by atoms with Gasteiger partial charge in [0.05, 0.1) is 23.1 Å². The number of nitro benzene ring substituents is 1. The average molecular weight is 715 g/mol. The van der Waals surface area contributed by atoms with Gasteiger partial charge in [-0.25, -0.2) is 4.79 Å². The molecule has 51 heavy (non-hydrogen) atoms. The van der Waals surface area contributed by atoms with Gasteiger partial charge < -0.3 is 40.8 Å². The minimum absolute atomic E-state index is 0.0298. The van der Waals surface area contributed by atoms with Crippen molar-refractivity contribution in [3.63, 3.8) is 0 Å². The molecule has 2 atom stereocenters. The molecule has 2 aliphatic rings. The van der Waals surface area contributed by atoms with Gasteiger partial charge in [0.15, 0.2) is 10.5 Å². The third-order valence-electron chi connectivity index (χ3n) is 8.19. The van der Waals surface area contributed by atoms with Gasteiger partial charge >= 0.3 is 5.97 Å². The number of nitrogens with zero attached hydrogens (tertiary/aromatic N) is 1. The summed E-state index contributed by atoms with van der Waals surface area (Å²) in [5.74, 6) is -1.36. The van der Waals surface area contributed by atoms with E-state index in [1.807, 2.05) is 0 Å². The highest BCUT2D eigenvalue weighted by atomic mass is 32.1. The summed E-state index contributed by atoms with van der Waals surface area (Å²) in [7, 11) is 0. The van der Waals surface area contributed by atoms with Crippen molar-refractivity contribution in [3.8, 4) is 28.2 Å². The summed E-state index contributed by atoms with van der Waals surface area (Å²) in [4.78, 5) is 47.3. The third kappa shape index (κ3) is 8.83. The summed E-state index contributed by atoms with van der Waals surface area (Å²) in [6, 6.07) is 17.7. The number of hydrogen-bond donors (Lipinski definition) is 7. The maximum atomic E-state index is 12.5. The van der Waals surface area contributed by atoms with E-state index >= 15 is 0 Å². The predicted octanol–water partition coefficient (Wildman–Crippen LogP) is 4.93. The SMILES string of the molecule is O=C(CCCCCNC(=S)Nc1ccc(-c2c3ccc(=O)cc-3oc3cc(O)ccc23)c(C(=O)O)c1)N[C@H](CO)[C@H](O)c1ccc([N+](=O)[O-])cc1. The summed E-state index contributed by atoms with van der Waals surface area (Å²) in [5.41, 5.74) is 1.99. The maximum Gasteiger partial charge on any atom is 0.336 e. The molecule has 3 aromatic rings. The number of carbonyl (C=O) groups is 2. The Morgan fingerprint density at radius 1 is 0.941 bits per heavy atom. The molecule has 14 nitrogen and oxygen atoms in total. The number of amides is 1. The Kier molecular flexibility index (Phi) is 11.6. The summed E-state index contributed by atoms with van der Waals surface area (Å²) in [5, 5.41) is 60.7. The van der Waals surface area contributed by atoms with Crippen LogP contribution in [-0.4, -0.2) is 61.5 Å². The van der Waals surface area contributed by atoms with E-state index < -0.39 is 29.6 Å². The monoisotopic (exact) mass is 714 g/mol. The number of carboxylic acids is 1. The summed E-state index contributed by atoms with van der Waals surface area (Å²) in [6.07, 6.45) is 0.734. The fraction of sp³-hybridized carbons (Fsp3) is 0.222. The maximum absolute atomic E-state index is 12.5. The van der Waals surface area contributed by atoms with Crippen LogP contribution < -0.4 is 21.4 Å². The molecule has 0 saturated carbocycles. The molecular weight excluding hydrogens is 680 g/mol. The molecule has 0 radical (unpaired) electrons. The first-order valence-electron chi connectivity index (χ1n) is 15.9. The molecular formula is C36H34N4O10S. The van der Waals surface area contributed by atoms with E-state index in [1.165, 1.54) is 54.6 Å². The normalized spacial score (nSPS) is 12.3. The van der Waals surface area contributed by atoms with Gasteiger partial charge in [0, 0.05) is 59.4 Å². The number of phenols is 1. The highest BCUT2D eigenvalue weighted by Crippen LogP contribution is 2.42. The molecule has 1 heterocycles. The standard InChI is InChI=1S/C36H34N4O10S/c41-19-29(34(45)20-5-8-22(9-6-20)40(48)49)39-32(44)4-2-1-3-15-37-36(51)38-21-7-12-25(28(16-21)35(46)47)33-26-13-10-23(42)17-30(26)50-31-18-24(43)11-14-27(31)33/h5-14,16-18,29,34,41-42,45H,1-4,15,19H2,(H,39,44)(H,46,47)(H2,37,38,51)/t29-,34-/m1/s1. The van der Waals surface area contributed by atoms with Crippen molar-refractivity contribution < 1.29 is 39.4 Å². The second kappa shape index (κ2) is 16.2. The zero-order valence-corrected chi connectivity index (χ0v) is 27.8. The Hall–Kier alpha value is -5.90. The summed E-state index contributed by atoms with van der Waals surface area (Å²) < 4.78 is 5.87. The van der Waals surface area contributed by atoms with Crippen LogP contribution in [0.15, 0.2) is 88.1 Å². The molecule has 5 rings (SSSR count).